The van der Waals surface area contributed by atoms with Gasteiger partial charge in [0.05, 0.1) is 28.1 Å². The van der Waals surface area contributed by atoms with E-state index in [4.69, 9.17) is 23.2 Å². The number of benzene rings is 3. The number of halogens is 2. The fourth-order valence-corrected chi connectivity index (χ4v) is 4.74. The highest BCUT2D eigenvalue weighted by atomic mass is 35.5. The Hall–Kier alpha value is -2.84. The molecule has 4 nitrogen and oxygen atoms in total. The number of carbonyl (C=O) groups excluding carboxylic acids is 1. The molecule has 6 heteroatoms. The molecule has 1 fully saturated rings. The fourth-order valence-electron chi connectivity index (χ4n) is 4.42. The Balaban J connectivity index is 1.49. The lowest BCUT2D eigenvalue weighted by Crippen LogP contribution is -2.47. The van der Waals surface area contributed by atoms with Crippen molar-refractivity contribution in [3.05, 3.63) is 93.5 Å². The van der Waals surface area contributed by atoms with Crippen LogP contribution in [0, 0.1) is 11.3 Å². The number of nitrogens with one attached hydrogen (secondary N) is 2. The van der Waals surface area contributed by atoms with Crippen molar-refractivity contribution in [2.45, 2.75) is 24.7 Å². The maximum atomic E-state index is 12.7. The van der Waals surface area contributed by atoms with Crippen molar-refractivity contribution in [1.29, 1.82) is 5.26 Å². The quantitative estimate of drug-likeness (QED) is 0.491. The number of hydrogen-bond acceptors (Lipinski definition) is 3. The normalized spacial score (nSPS) is 14.9. The van der Waals surface area contributed by atoms with Crippen LogP contribution in [0.5, 0.6) is 0 Å². The summed E-state index contributed by atoms with van der Waals surface area (Å²) in [5.41, 5.74) is 4.68. The van der Waals surface area contributed by atoms with Gasteiger partial charge in [0.15, 0.2) is 0 Å². The van der Waals surface area contributed by atoms with Crippen molar-refractivity contribution >= 4 is 29.1 Å². The zero-order valence-electron chi connectivity index (χ0n) is 18.2. The summed E-state index contributed by atoms with van der Waals surface area (Å²) in [5, 5.41) is 16.7. The van der Waals surface area contributed by atoms with Gasteiger partial charge in [0.1, 0.15) is 0 Å². The van der Waals surface area contributed by atoms with Crippen LogP contribution in [0.25, 0.3) is 11.1 Å². The van der Waals surface area contributed by atoms with Gasteiger partial charge in [0.2, 0.25) is 5.91 Å². The average molecular weight is 478 g/mol. The van der Waals surface area contributed by atoms with E-state index in [1.54, 1.807) is 12.1 Å². The summed E-state index contributed by atoms with van der Waals surface area (Å²) in [6.07, 6.45) is 2.16. The molecule has 0 aromatic heterocycles. The van der Waals surface area contributed by atoms with Gasteiger partial charge >= 0.3 is 0 Å². The first-order valence-electron chi connectivity index (χ1n) is 11.0. The summed E-state index contributed by atoms with van der Waals surface area (Å²) in [6, 6.07) is 23.6. The Bertz CT molecular complexity index is 1180. The van der Waals surface area contributed by atoms with Crippen LogP contribution in [0.4, 0.5) is 0 Å². The van der Waals surface area contributed by atoms with E-state index in [0.717, 1.165) is 42.6 Å². The number of hydrogen-bond donors (Lipinski definition) is 2. The van der Waals surface area contributed by atoms with Crippen molar-refractivity contribution in [3.63, 3.8) is 0 Å². The molecule has 3 aromatic rings. The molecule has 0 atom stereocenters. The van der Waals surface area contributed by atoms with E-state index in [9.17, 15) is 10.1 Å². The molecule has 2 N–H and O–H groups in total. The summed E-state index contributed by atoms with van der Waals surface area (Å²) in [5.74, 6) is -0.0313. The van der Waals surface area contributed by atoms with Crippen LogP contribution >= 0.6 is 23.2 Å². The predicted molar refractivity (Wildman–Crippen MR) is 134 cm³/mol. The number of piperidine rings is 1. The van der Waals surface area contributed by atoms with E-state index in [-0.39, 0.29) is 17.7 Å². The van der Waals surface area contributed by atoms with Crippen molar-refractivity contribution < 1.29 is 4.79 Å². The smallest absolute Gasteiger partial charge is 0.224 e. The van der Waals surface area contributed by atoms with E-state index in [2.05, 4.69) is 41.0 Å². The van der Waals surface area contributed by atoms with Gasteiger partial charge in [-0.1, -0.05) is 65.7 Å². The van der Waals surface area contributed by atoms with Crippen LogP contribution in [0.15, 0.2) is 66.7 Å². The van der Waals surface area contributed by atoms with Crippen LogP contribution in [0.3, 0.4) is 0 Å². The van der Waals surface area contributed by atoms with E-state index in [1.165, 1.54) is 5.56 Å². The molecule has 0 saturated carbocycles. The lowest BCUT2D eigenvalue weighted by Gasteiger charge is -2.38. The fraction of sp³-hybridized carbons (Fsp3) is 0.259. The zero-order valence-corrected chi connectivity index (χ0v) is 19.7. The van der Waals surface area contributed by atoms with Crippen molar-refractivity contribution in [1.82, 2.24) is 10.6 Å². The van der Waals surface area contributed by atoms with Crippen molar-refractivity contribution in [3.8, 4) is 17.2 Å². The highest BCUT2D eigenvalue weighted by Crippen LogP contribution is 2.34. The van der Waals surface area contributed by atoms with Crippen molar-refractivity contribution in [2.24, 2.45) is 0 Å². The van der Waals surface area contributed by atoms with Crippen LogP contribution in [-0.2, 0) is 16.6 Å². The van der Waals surface area contributed by atoms with Gasteiger partial charge in [-0.3, -0.25) is 4.79 Å². The zero-order chi connectivity index (χ0) is 23.3. The highest BCUT2D eigenvalue weighted by Gasteiger charge is 2.34. The predicted octanol–water partition coefficient (Wildman–Crippen LogP) is 5.51. The third-order valence-electron chi connectivity index (χ3n) is 6.36. The molecule has 1 saturated heterocycles. The van der Waals surface area contributed by atoms with Gasteiger partial charge in [0.25, 0.3) is 0 Å². The summed E-state index contributed by atoms with van der Waals surface area (Å²) in [4.78, 5) is 12.7. The topological polar surface area (TPSA) is 64.9 Å². The lowest BCUT2D eigenvalue weighted by atomic mass is 9.72. The standard InChI is InChI=1S/C27H25Cl2N3O/c28-24-9-4-19(15-25(24)29)16-26(33)32-18-27(10-12-31-13-11-27)23-7-5-21(6-8-23)22-3-1-2-20(14-22)17-30/h1-9,14-15,31H,10-13,16,18H2,(H,32,33). The maximum Gasteiger partial charge on any atom is 0.224 e. The molecule has 0 spiro atoms. The third-order valence-corrected chi connectivity index (χ3v) is 7.09. The number of carbonyl (C=O) groups is 1. The minimum Gasteiger partial charge on any atom is -0.355 e. The number of nitriles is 1. The summed E-state index contributed by atoms with van der Waals surface area (Å²) >= 11 is 12.1. The molecule has 0 bridgehead atoms. The Morgan fingerprint density at radius 3 is 2.42 bits per heavy atom. The van der Waals surface area contributed by atoms with Gasteiger partial charge in [-0.2, -0.15) is 5.26 Å². The second-order valence-electron chi connectivity index (χ2n) is 8.50. The Labute approximate surface area is 204 Å². The molecule has 33 heavy (non-hydrogen) atoms. The monoisotopic (exact) mass is 477 g/mol. The van der Waals surface area contributed by atoms with E-state index >= 15 is 0 Å². The molecule has 168 valence electrons. The van der Waals surface area contributed by atoms with Gasteiger partial charge < -0.3 is 10.6 Å². The number of amides is 1. The molecule has 0 aliphatic carbocycles. The number of rotatable bonds is 6. The maximum absolute atomic E-state index is 12.7. The SMILES string of the molecule is N#Cc1cccc(-c2ccc(C3(CNC(=O)Cc4ccc(Cl)c(Cl)c4)CCNCC3)cc2)c1. The number of nitrogens with zero attached hydrogens (tertiary/aromatic N) is 1. The van der Waals surface area contributed by atoms with E-state index < -0.39 is 0 Å². The van der Waals surface area contributed by atoms with Gasteiger partial charge in [-0.05, 0) is 72.5 Å². The van der Waals surface area contributed by atoms with Crippen molar-refractivity contribution in [2.75, 3.05) is 19.6 Å². The van der Waals surface area contributed by atoms with Gasteiger partial charge in [-0.25, -0.2) is 0 Å². The van der Waals surface area contributed by atoms with Crippen LogP contribution in [0.1, 0.15) is 29.5 Å². The minimum atomic E-state index is -0.119. The summed E-state index contributed by atoms with van der Waals surface area (Å²) < 4.78 is 0. The first-order chi connectivity index (χ1) is 16.0. The van der Waals surface area contributed by atoms with Gasteiger partial charge in [-0.15, -0.1) is 0 Å². The molecule has 4 rings (SSSR count). The first-order valence-corrected chi connectivity index (χ1v) is 11.8. The average Bonchev–Trinajstić information content (AvgIpc) is 2.86. The first kappa shape index (κ1) is 23.3. The third kappa shape index (κ3) is 5.57. The molecule has 3 aromatic carbocycles. The molecule has 1 aliphatic heterocycles. The van der Waals surface area contributed by atoms with E-state index in [0.29, 0.717) is 22.2 Å². The Morgan fingerprint density at radius 2 is 1.73 bits per heavy atom. The molecular formula is C27H25Cl2N3O. The van der Waals surface area contributed by atoms with Crippen LogP contribution in [0.2, 0.25) is 10.0 Å². The molecule has 0 unspecified atom stereocenters. The second kappa shape index (κ2) is 10.4. The highest BCUT2D eigenvalue weighted by molar-refractivity contribution is 6.42. The largest absolute Gasteiger partial charge is 0.355 e. The molecular weight excluding hydrogens is 453 g/mol. The summed E-state index contributed by atoms with van der Waals surface area (Å²) in [7, 11) is 0. The van der Waals surface area contributed by atoms with Crippen LogP contribution < -0.4 is 10.6 Å². The minimum absolute atomic E-state index is 0.0313. The Kier molecular flexibility index (Phi) is 7.35. The second-order valence-corrected chi connectivity index (χ2v) is 9.32. The summed E-state index contributed by atoms with van der Waals surface area (Å²) in [6.45, 7) is 2.40. The molecule has 1 amide bonds. The molecule has 1 heterocycles. The van der Waals surface area contributed by atoms with Gasteiger partial charge in [0, 0.05) is 12.0 Å². The molecule has 0 radical (unpaired) electrons. The lowest BCUT2D eigenvalue weighted by molar-refractivity contribution is -0.120. The van der Waals surface area contributed by atoms with Crippen LogP contribution in [-0.4, -0.2) is 25.5 Å². The molecule has 1 aliphatic rings. The van der Waals surface area contributed by atoms with E-state index in [1.807, 2.05) is 30.3 Å². The Morgan fingerprint density at radius 1 is 0.970 bits per heavy atom.